The topological polar surface area (TPSA) is 98.5 Å². The second-order valence-corrected chi connectivity index (χ2v) is 6.15. The molecule has 0 aromatic heterocycles. The molecular weight excluding hydrogens is 344 g/mol. The molecule has 2 aromatic rings. The zero-order valence-electron chi connectivity index (χ0n) is 12.8. The highest BCUT2D eigenvalue weighted by Crippen LogP contribution is 2.26. The number of nitrogens with one attached hydrogen (secondary N) is 1. The van der Waals surface area contributed by atoms with E-state index in [2.05, 4.69) is 5.32 Å². The fourth-order valence-electron chi connectivity index (χ4n) is 2.15. The normalized spacial score (nSPS) is 15.3. The Labute approximate surface area is 146 Å². The lowest BCUT2D eigenvalue weighted by atomic mass is 10.2. The van der Waals surface area contributed by atoms with Crippen molar-refractivity contribution in [3.8, 4) is 5.75 Å². The smallest absolute Gasteiger partial charge is 0.290 e. The Bertz CT molecular complexity index is 877. The van der Waals surface area contributed by atoms with E-state index in [4.69, 9.17) is 4.74 Å². The summed E-state index contributed by atoms with van der Waals surface area (Å²) in [7, 11) is 0. The lowest BCUT2D eigenvalue weighted by Crippen LogP contribution is -2.17. The number of hydrogen-bond donors (Lipinski definition) is 1. The molecule has 0 aliphatic carbocycles. The minimum atomic E-state index is -0.455. The van der Waals surface area contributed by atoms with E-state index < -0.39 is 10.8 Å². The molecule has 7 nitrogen and oxygen atoms in total. The number of rotatable bonds is 5. The van der Waals surface area contributed by atoms with Gasteiger partial charge in [-0.05, 0) is 53.2 Å². The Morgan fingerprint density at radius 3 is 2.56 bits per heavy atom. The maximum absolute atomic E-state index is 11.6. The summed E-state index contributed by atoms with van der Waals surface area (Å²) in [4.78, 5) is 33.2. The zero-order valence-corrected chi connectivity index (χ0v) is 13.6. The van der Waals surface area contributed by atoms with Gasteiger partial charge in [-0.2, -0.15) is 0 Å². The van der Waals surface area contributed by atoms with Crippen LogP contribution in [-0.4, -0.2) is 16.1 Å². The number of ether oxygens (including phenoxy) is 1. The van der Waals surface area contributed by atoms with Gasteiger partial charge in [-0.3, -0.25) is 25.0 Å². The van der Waals surface area contributed by atoms with Gasteiger partial charge >= 0.3 is 0 Å². The molecule has 0 radical (unpaired) electrons. The molecule has 1 aliphatic rings. The second-order valence-electron chi connectivity index (χ2n) is 5.14. The van der Waals surface area contributed by atoms with E-state index in [9.17, 15) is 19.7 Å². The summed E-state index contributed by atoms with van der Waals surface area (Å²) in [5.74, 6) is 0.176. The molecule has 0 atom stereocenters. The summed E-state index contributed by atoms with van der Waals surface area (Å²) in [5, 5.41) is 12.4. The third-order valence-electron chi connectivity index (χ3n) is 3.35. The number of non-ortho nitro benzene ring substituents is 1. The van der Waals surface area contributed by atoms with Crippen LogP contribution >= 0.6 is 11.8 Å². The molecule has 2 amide bonds. The van der Waals surface area contributed by atoms with Crippen molar-refractivity contribution in [2.45, 2.75) is 6.61 Å². The van der Waals surface area contributed by atoms with Gasteiger partial charge in [-0.1, -0.05) is 12.1 Å². The molecule has 1 aliphatic heterocycles. The van der Waals surface area contributed by atoms with Gasteiger partial charge in [0.15, 0.2) is 0 Å². The standard InChI is InChI=1S/C17H12N2O5S/c20-16-15(25-17(21)18-16)9-12-2-1-3-14(8-12)24-10-11-4-6-13(7-5-11)19(22)23/h1-9H,10H2,(H,18,20,21)/b15-9-. The van der Waals surface area contributed by atoms with Gasteiger partial charge < -0.3 is 4.74 Å². The number of amides is 2. The van der Waals surface area contributed by atoms with Gasteiger partial charge in [0.2, 0.25) is 0 Å². The second kappa shape index (κ2) is 7.18. The number of carbonyl (C=O) groups is 2. The number of imide groups is 1. The Morgan fingerprint density at radius 2 is 1.92 bits per heavy atom. The highest BCUT2D eigenvalue weighted by Gasteiger charge is 2.24. The van der Waals surface area contributed by atoms with Crippen molar-refractivity contribution < 1.29 is 19.2 Å². The molecule has 8 heteroatoms. The maximum atomic E-state index is 11.6. The number of hydrogen-bond acceptors (Lipinski definition) is 6. The van der Waals surface area contributed by atoms with Gasteiger partial charge in [0.1, 0.15) is 12.4 Å². The first kappa shape index (κ1) is 16.7. The van der Waals surface area contributed by atoms with Crippen LogP contribution in [0.3, 0.4) is 0 Å². The number of thioether (sulfide) groups is 1. The average molecular weight is 356 g/mol. The van der Waals surface area contributed by atoms with Crippen LogP contribution in [0.5, 0.6) is 5.75 Å². The lowest BCUT2D eigenvalue weighted by Gasteiger charge is -2.07. The highest BCUT2D eigenvalue weighted by molar-refractivity contribution is 8.18. The van der Waals surface area contributed by atoms with Crippen LogP contribution in [-0.2, 0) is 11.4 Å². The van der Waals surface area contributed by atoms with E-state index in [-0.39, 0.29) is 17.5 Å². The van der Waals surface area contributed by atoms with Crippen molar-refractivity contribution in [2.24, 2.45) is 0 Å². The van der Waals surface area contributed by atoms with Crippen molar-refractivity contribution in [1.82, 2.24) is 5.32 Å². The monoisotopic (exact) mass is 356 g/mol. The fourth-order valence-corrected chi connectivity index (χ4v) is 2.83. The fraction of sp³-hybridized carbons (Fsp3) is 0.0588. The van der Waals surface area contributed by atoms with Gasteiger partial charge in [0.25, 0.3) is 16.8 Å². The van der Waals surface area contributed by atoms with E-state index in [1.54, 1.807) is 42.5 Å². The van der Waals surface area contributed by atoms with E-state index >= 15 is 0 Å². The molecule has 1 fully saturated rings. The molecule has 0 saturated carbocycles. The predicted molar refractivity (Wildman–Crippen MR) is 93.0 cm³/mol. The molecule has 0 unspecified atom stereocenters. The minimum Gasteiger partial charge on any atom is -0.489 e. The first-order chi connectivity index (χ1) is 12.0. The van der Waals surface area contributed by atoms with Crippen molar-refractivity contribution >= 4 is 34.7 Å². The van der Waals surface area contributed by atoms with Gasteiger partial charge in [-0.25, -0.2) is 0 Å². The van der Waals surface area contributed by atoms with E-state index in [0.717, 1.165) is 22.9 Å². The van der Waals surface area contributed by atoms with Gasteiger partial charge in [0, 0.05) is 12.1 Å². The van der Waals surface area contributed by atoms with Crippen LogP contribution < -0.4 is 10.1 Å². The summed E-state index contributed by atoms with van der Waals surface area (Å²) in [6.45, 7) is 0.256. The van der Waals surface area contributed by atoms with E-state index in [1.165, 1.54) is 12.1 Å². The lowest BCUT2D eigenvalue weighted by molar-refractivity contribution is -0.384. The molecule has 0 bridgehead atoms. The Balaban J connectivity index is 1.68. The van der Waals surface area contributed by atoms with E-state index in [1.807, 2.05) is 0 Å². The average Bonchev–Trinajstić information content (AvgIpc) is 2.91. The molecule has 1 saturated heterocycles. The van der Waals surface area contributed by atoms with Crippen molar-refractivity contribution in [1.29, 1.82) is 0 Å². The molecule has 1 heterocycles. The molecular formula is C17H12N2O5S. The minimum absolute atomic E-state index is 0.0271. The Kier molecular flexibility index (Phi) is 4.80. The largest absolute Gasteiger partial charge is 0.489 e. The number of benzene rings is 2. The SMILES string of the molecule is O=C1NC(=O)/C(=C/c2cccc(OCc3ccc([N+](=O)[O-])cc3)c2)S1. The molecule has 25 heavy (non-hydrogen) atoms. The Morgan fingerprint density at radius 1 is 1.16 bits per heavy atom. The van der Waals surface area contributed by atoms with Crippen LogP contribution in [0.4, 0.5) is 10.5 Å². The third-order valence-corrected chi connectivity index (χ3v) is 4.16. The quantitative estimate of drug-likeness (QED) is 0.500. The maximum Gasteiger partial charge on any atom is 0.290 e. The number of nitro groups is 1. The van der Waals surface area contributed by atoms with E-state index in [0.29, 0.717) is 10.7 Å². The summed E-state index contributed by atoms with van der Waals surface area (Å²) in [6, 6.07) is 13.2. The zero-order chi connectivity index (χ0) is 17.8. The van der Waals surface area contributed by atoms with Crippen LogP contribution in [0.2, 0.25) is 0 Å². The summed E-state index contributed by atoms with van der Waals surface area (Å²) in [6.07, 6.45) is 1.61. The number of carbonyl (C=O) groups excluding carboxylic acids is 2. The first-order valence-corrected chi connectivity index (χ1v) is 8.04. The summed E-state index contributed by atoms with van der Waals surface area (Å²) in [5.41, 5.74) is 1.55. The van der Waals surface area contributed by atoms with Crippen molar-refractivity contribution in [3.63, 3.8) is 0 Å². The molecule has 1 N–H and O–H groups in total. The van der Waals surface area contributed by atoms with Crippen LogP contribution in [0, 0.1) is 10.1 Å². The van der Waals surface area contributed by atoms with Crippen LogP contribution in [0.25, 0.3) is 6.08 Å². The van der Waals surface area contributed by atoms with Gasteiger partial charge in [0.05, 0.1) is 9.83 Å². The molecule has 0 spiro atoms. The molecule has 126 valence electrons. The Hall–Kier alpha value is -3.13. The number of nitrogens with zero attached hydrogens (tertiary/aromatic N) is 1. The van der Waals surface area contributed by atoms with Crippen LogP contribution in [0.1, 0.15) is 11.1 Å². The van der Waals surface area contributed by atoms with Crippen molar-refractivity contribution in [2.75, 3.05) is 0 Å². The molecule has 2 aromatic carbocycles. The van der Waals surface area contributed by atoms with Crippen molar-refractivity contribution in [3.05, 3.63) is 74.7 Å². The highest BCUT2D eigenvalue weighted by atomic mass is 32.2. The third kappa shape index (κ3) is 4.24. The van der Waals surface area contributed by atoms with Crippen LogP contribution in [0.15, 0.2) is 53.4 Å². The summed E-state index contributed by atoms with van der Waals surface area (Å²) >= 11 is 0.854. The first-order valence-electron chi connectivity index (χ1n) is 7.22. The molecule has 3 rings (SSSR count). The van der Waals surface area contributed by atoms with Gasteiger partial charge in [-0.15, -0.1) is 0 Å². The predicted octanol–water partition coefficient (Wildman–Crippen LogP) is 3.50. The number of nitro benzene ring substituents is 1. The summed E-state index contributed by atoms with van der Waals surface area (Å²) < 4.78 is 5.67.